The van der Waals surface area contributed by atoms with Crippen LogP contribution in [-0.2, 0) is 0 Å². The predicted octanol–water partition coefficient (Wildman–Crippen LogP) is 3.25. The Kier molecular flexibility index (Phi) is 4.77. The van der Waals surface area contributed by atoms with E-state index in [9.17, 15) is 0 Å². The first kappa shape index (κ1) is 14.6. The van der Waals surface area contributed by atoms with Crippen LogP contribution in [0.4, 0.5) is 0 Å². The Labute approximate surface area is 120 Å². The van der Waals surface area contributed by atoms with Gasteiger partial charge in [0.25, 0.3) is 0 Å². The van der Waals surface area contributed by atoms with Crippen LogP contribution in [0.2, 0.25) is 0 Å². The molecule has 0 saturated carbocycles. The molecular weight excluding hydrogens is 248 g/mol. The van der Waals surface area contributed by atoms with Gasteiger partial charge in [-0.2, -0.15) is 0 Å². The van der Waals surface area contributed by atoms with E-state index in [1.807, 2.05) is 31.2 Å². The summed E-state index contributed by atoms with van der Waals surface area (Å²) in [7, 11) is 0. The number of para-hydroxylation sites is 1. The number of nitrogens with two attached hydrogens (primary N) is 1. The number of ether oxygens (including phenoxy) is 1. The van der Waals surface area contributed by atoms with Gasteiger partial charge < -0.3 is 4.74 Å². The maximum absolute atomic E-state index is 5.78. The first-order valence-electron chi connectivity index (χ1n) is 6.92. The zero-order valence-electron chi connectivity index (χ0n) is 12.3. The van der Waals surface area contributed by atoms with Crippen LogP contribution in [0.5, 0.6) is 5.75 Å². The van der Waals surface area contributed by atoms with Gasteiger partial charge in [-0.25, -0.2) is 5.43 Å². The highest BCUT2D eigenvalue weighted by Gasteiger charge is 2.17. The van der Waals surface area contributed by atoms with E-state index >= 15 is 0 Å². The average molecular weight is 270 g/mol. The molecule has 0 aliphatic carbocycles. The van der Waals surface area contributed by atoms with Gasteiger partial charge in [0.1, 0.15) is 5.75 Å². The van der Waals surface area contributed by atoms with Gasteiger partial charge in [-0.3, -0.25) is 5.84 Å². The van der Waals surface area contributed by atoms with E-state index in [1.165, 1.54) is 11.1 Å². The minimum atomic E-state index is -0.0722. The van der Waals surface area contributed by atoms with Crippen molar-refractivity contribution in [2.75, 3.05) is 6.61 Å². The molecule has 0 aromatic heterocycles. The Hall–Kier alpha value is -1.84. The summed E-state index contributed by atoms with van der Waals surface area (Å²) < 4.78 is 5.70. The van der Waals surface area contributed by atoms with Crippen molar-refractivity contribution >= 4 is 0 Å². The van der Waals surface area contributed by atoms with Gasteiger partial charge in [-0.1, -0.05) is 36.4 Å². The Balaban J connectivity index is 2.44. The van der Waals surface area contributed by atoms with E-state index in [1.54, 1.807) is 0 Å². The molecule has 2 aromatic rings. The minimum Gasteiger partial charge on any atom is -0.494 e. The molecule has 3 N–H and O–H groups in total. The molecule has 0 aliphatic rings. The average Bonchev–Trinajstić information content (AvgIpc) is 2.45. The smallest absolute Gasteiger partial charge is 0.124 e. The topological polar surface area (TPSA) is 47.3 Å². The van der Waals surface area contributed by atoms with Crippen molar-refractivity contribution in [2.45, 2.75) is 26.8 Å². The summed E-state index contributed by atoms with van der Waals surface area (Å²) in [6.45, 7) is 6.85. The second kappa shape index (κ2) is 6.55. The highest BCUT2D eigenvalue weighted by molar-refractivity contribution is 5.43. The maximum atomic E-state index is 5.78. The molecule has 0 bridgehead atoms. The third-order valence-electron chi connectivity index (χ3n) is 3.56. The number of hydrazine groups is 1. The van der Waals surface area contributed by atoms with E-state index in [-0.39, 0.29) is 6.04 Å². The zero-order valence-corrected chi connectivity index (χ0v) is 12.3. The second-order valence-electron chi connectivity index (χ2n) is 4.91. The molecule has 0 saturated heterocycles. The molecule has 2 aromatic carbocycles. The van der Waals surface area contributed by atoms with Crippen molar-refractivity contribution in [3.63, 3.8) is 0 Å². The molecule has 3 heteroatoms. The van der Waals surface area contributed by atoms with Crippen LogP contribution in [0.15, 0.2) is 42.5 Å². The molecule has 0 radical (unpaired) electrons. The maximum Gasteiger partial charge on any atom is 0.124 e. The van der Waals surface area contributed by atoms with E-state index in [0.717, 1.165) is 16.9 Å². The zero-order chi connectivity index (χ0) is 14.5. The lowest BCUT2D eigenvalue weighted by Gasteiger charge is -2.21. The van der Waals surface area contributed by atoms with Gasteiger partial charge >= 0.3 is 0 Å². The monoisotopic (exact) mass is 270 g/mol. The molecule has 2 rings (SSSR count). The summed E-state index contributed by atoms with van der Waals surface area (Å²) in [5, 5.41) is 0. The van der Waals surface area contributed by atoms with Crippen LogP contribution in [-0.4, -0.2) is 6.61 Å². The van der Waals surface area contributed by atoms with Crippen LogP contribution >= 0.6 is 0 Å². The molecule has 3 nitrogen and oxygen atoms in total. The molecule has 0 heterocycles. The minimum absolute atomic E-state index is 0.0722. The Morgan fingerprint density at radius 1 is 1.10 bits per heavy atom. The molecule has 0 amide bonds. The van der Waals surface area contributed by atoms with Crippen LogP contribution in [0, 0.1) is 13.8 Å². The van der Waals surface area contributed by atoms with Crippen molar-refractivity contribution in [1.82, 2.24) is 5.43 Å². The summed E-state index contributed by atoms with van der Waals surface area (Å²) in [4.78, 5) is 0. The molecular formula is C17H22N2O. The van der Waals surface area contributed by atoms with Gasteiger partial charge in [0.2, 0.25) is 0 Å². The highest BCUT2D eigenvalue weighted by atomic mass is 16.5. The third-order valence-corrected chi connectivity index (χ3v) is 3.56. The number of benzene rings is 2. The number of hydrogen-bond acceptors (Lipinski definition) is 3. The van der Waals surface area contributed by atoms with Gasteiger partial charge in [-0.15, -0.1) is 0 Å². The summed E-state index contributed by atoms with van der Waals surface area (Å²) >= 11 is 0. The van der Waals surface area contributed by atoms with E-state index in [0.29, 0.717) is 6.61 Å². The van der Waals surface area contributed by atoms with Gasteiger partial charge in [-0.05, 0) is 43.5 Å². The van der Waals surface area contributed by atoms with Crippen LogP contribution < -0.4 is 16.0 Å². The second-order valence-corrected chi connectivity index (χ2v) is 4.91. The lowest BCUT2D eigenvalue weighted by atomic mass is 9.95. The number of aryl methyl sites for hydroxylation is 2. The van der Waals surface area contributed by atoms with Crippen molar-refractivity contribution in [3.05, 3.63) is 64.7 Å². The van der Waals surface area contributed by atoms with E-state index in [2.05, 4.69) is 37.5 Å². The third kappa shape index (κ3) is 3.00. The van der Waals surface area contributed by atoms with Crippen LogP contribution in [0.3, 0.4) is 0 Å². The molecule has 20 heavy (non-hydrogen) atoms. The molecule has 1 unspecified atom stereocenters. The molecule has 0 aliphatic heterocycles. The quantitative estimate of drug-likeness (QED) is 0.647. The van der Waals surface area contributed by atoms with Crippen LogP contribution in [0.25, 0.3) is 0 Å². The summed E-state index contributed by atoms with van der Waals surface area (Å²) in [5.74, 6) is 6.66. The number of nitrogens with one attached hydrogen (secondary N) is 1. The SMILES string of the molecule is CCOc1ccccc1C(NN)c1ccc(C)c(C)c1. The van der Waals surface area contributed by atoms with Crippen molar-refractivity contribution in [2.24, 2.45) is 5.84 Å². The van der Waals surface area contributed by atoms with Crippen LogP contribution in [0.1, 0.15) is 35.2 Å². The Morgan fingerprint density at radius 2 is 1.85 bits per heavy atom. The fourth-order valence-corrected chi connectivity index (χ4v) is 2.32. The van der Waals surface area contributed by atoms with Gasteiger partial charge in [0, 0.05) is 5.56 Å². The van der Waals surface area contributed by atoms with Gasteiger partial charge in [0.05, 0.1) is 12.6 Å². The molecule has 0 spiro atoms. The molecule has 106 valence electrons. The number of rotatable bonds is 5. The summed E-state index contributed by atoms with van der Waals surface area (Å²) in [6, 6.07) is 14.3. The van der Waals surface area contributed by atoms with E-state index < -0.39 is 0 Å². The first-order valence-corrected chi connectivity index (χ1v) is 6.92. The fraction of sp³-hybridized carbons (Fsp3) is 0.294. The lowest BCUT2D eigenvalue weighted by Crippen LogP contribution is -2.29. The first-order chi connectivity index (χ1) is 9.67. The fourth-order valence-electron chi connectivity index (χ4n) is 2.32. The summed E-state index contributed by atoms with van der Waals surface area (Å²) in [5.41, 5.74) is 7.64. The van der Waals surface area contributed by atoms with E-state index in [4.69, 9.17) is 10.6 Å². The van der Waals surface area contributed by atoms with Gasteiger partial charge in [0.15, 0.2) is 0 Å². The predicted molar refractivity (Wildman–Crippen MR) is 82.7 cm³/mol. The largest absolute Gasteiger partial charge is 0.494 e. The Bertz CT molecular complexity index is 581. The molecule has 0 fully saturated rings. The lowest BCUT2D eigenvalue weighted by molar-refractivity contribution is 0.333. The molecule has 1 atom stereocenters. The normalized spacial score (nSPS) is 12.2. The van der Waals surface area contributed by atoms with Crippen molar-refractivity contribution in [1.29, 1.82) is 0 Å². The van der Waals surface area contributed by atoms with Crippen molar-refractivity contribution in [3.8, 4) is 5.75 Å². The highest BCUT2D eigenvalue weighted by Crippen LogP contribution is 2.30. The standard InChI is InChI=1S/C17H22N2O/c1-4-20-16-8-6-5-7-15(16)17(19-18)14-10-9-12(2)13(3)11-14/h5-11,17,19H,4,18H2,1-3H3. The van der Waals surface area contributed by atoms with Crippen molar-refractivity contribution < 1.29 is 4.74 Å². The number of hydrogen-bond donors (Lipinski definition) is 2. The Morgan fingerprint density at radius 3 is 2.50 bits per heavy atom. The summed E-state index contributed by atoms with van der Waals surface area (Å²) in [6.07, 6.45) is 0.